The lowest BCUT2D eigenvalue weighted by molar-refractivity contribution is 0.434. The fourth-order valence-electron chi connectivity index (χ4n) is 2.09. The molecule has 0 spiro atoms. The van der Waals surface area contributed by atoms with Gasteiger partial charge in [-0.25, -0.2) is 0 Å². The zero-order valence-corrected chi connectivity index (χ0v) is 12.3. The second-order valence-electron chi connectivity index (χ2n) is 5.68. The van der Waals surface area contributed by atoms with Crippen molar-refractivity contribution in [2.45, 2.75) is 40.0 Å². The highest BCUT2D eigenvalue weighted by atomic mass is 15.1. The Balaban J connectivity index is 2.59. The summed E-state index contributed by atoms with van der Waals surface area (Å²) in [5.74, 6) is 0. The molecule has 0 atom stereocenters. The maximum absolute atomic E-state index is 9.03. The SMILES string of the molecule is CCCN(CCCC(C)(C)C#N)c1ccc(N)cc1. The first kappa shape index (κ1) is 15.4. The normalized spacial score (nSPS) is 11.1. The number of nitriles is 1. The van der Waals surface area contributed by atoms with E-state index in [-0.39, 0.29) is 5.41 Å². The molecule has 104 valence electrons. The quantitative estimate of drug-likeness (QED) is 0.757. The fourth-order valence-corrected chi connectivity index (χ4v) is 2.09. The van der Waals surface area contributed by atoms with Crippen LogP contribution in [0.1, 0.15) is 40.0 Å². The molecule has 0 aromatic heterocycles. The van der Waals surface area contributed by atoms with Crippen molar-refractivity contribution >= 4 is 11.4 Å². The molecular weight excluding hydrogens is 234 g/mol. The molecular formula is C16H25N3. The second kappa shape index (κ2) is 7.04. The zero-order valence-electron chi connectivity index (χ0n) is 12.3. The van der Waals surface area contributed by atoms with Crippen LogP contribution in [-0.4, -0.2) is 13.1 Å². The molecule has 3 heteroatoms. The van der Waals surface area contributed by atoms with Crippen LogP contribution < -0.4 is 10.6 Å². The van der Waals surface area contributed by atoms with E-state index in [9.17, 15) is 0 Å². The summed E-state index contributed by atoms with van der Waals surface area (Å²) in [7, 11) is 0. The van der Waals surface area contributed by atoms with E-state index in [1.54, 1.807) is 0 Å². The molecule has 0 heterocycles. The van der Waals surface area contributed by atoms with Crippen LogP contribution in [0.3, 0.4) is 0 Å². The number of nitrogens with two attached hydrogens (primary N) is 1. The van der Waals surface area contributed by atoms with Crippen molar-refractivity contribution in [1.29, 1.82) is 5.26 Å². The van der Waals surface area contributed by atoms with Crippen LogP contribution in [0.15, 0.2) is 24.3 Å². The third kappa shape index (κ3) is 5.21. The number of benzene rings is 1. The Labute approximate surface area is 117 Å². The number of nitrogen functional groups attached to an aromatic ring is 1. The predicted molar refractivity (Wildman–Crippen MR) is 82.0 cm³/mol. The summed E-state index contributed by atoms with van der Waals surface area (Å²) in [5, 5.41) is 9.03. The Hall–Kier alpha value is -1.69. The summed E-state index contributed by atoms with van der Waals surface area (Å²) in [6.45, 7) is 8.21. The smallest absolute Gasteiger partial charge is 0.0683 e. The predicted octanol–water partition coefficient (Wildman–Crippen LogP) is 3.82. The maximum Gasteiger partial charge on any atom is 0.0683 e. The van der Waals surface area contributed by atoms with Crippen molar-refractivity contribution in [3.8, 4) is 6.07 Å². The van der Waals surface area contributed by atoms with Gasteiger partial charge in [0.15, 0.2) is 0 Å². The summed E-state index contributed by atoms with van der Waals surface area (Å²) in [6, 6.07) is 10.4. The van der Waals surface area contributed by atoms with Crippen LogP contribution in [0.4, 0.5) is 11.4 Å². The van der Waals surface area contributed by atoms with E-state index < -0.39 is 0 Å². The number of hydrogen-bond acceptors (Lipinski definition) is 3. The lowest BCUT2D eigenvalue weighted by Crippen LogP contribution is -2.26. The topological polar surface area (TPSA) is 53.0 Å². The van der Waals surface area contributed by atoms with E-state index in [4.69, 9.17) is 11.0 Å². The average molecular weight is 259 g/mol. The Morgan fingerprint density at radius 3 is 2.37 bits per heavy atom. The maximum atomic E-state index is 9.03. The summed E-state index contributed by atoms with van der Waals surface area (Å²) >= 11 is 0. The van der Waals surface area contributed by atoms with Gasteiger partial charge in [0.2, 0.25) is 0 Å². The van der Waals surface area contributed by atoms with Gasteiger partial charge in [0.25, 0.3) is 0 Å². The molecule has 0 unspecified atom stereocenters. The summed E-state index contributed by atoms with van der Waals surface area (Å²) in [4.78, 5) is 2.37. The van der Waals surface area contributed by atoms with Crippen LogP contribution in [0, 0.1) is 16.7 Å². The van der Waals surface area contributed by atoms with E-state index in [1.807, 2.05) is 26.0 Å². The molecule has 0 fully saturated rings. The van der Waals surface area contributed by atoms with Crippen LogP contribution in [0.2, 0.25) is 0 Å². The molecule has 1 aromatic rings. The van der Waals surface area contributed by atoms with Crippen LogP contribution >= 0.6 is 0 Å². The van der Waals surface area contributed by atoms with Crippen LogP contribution in [-0.2, 0) is 0 Å². The molecule has 0 aliphatic carbocycles. The molecule has 0 bridgehead atoms. The highest BCUT2D eigenvalue weighted by molar-refractivity contribution is 5.53. The first-order valence-electron chi connectivity index (χ1n) is 7.00. The molecule has 0 saturated carbocycles. The molecule has 0 amide bonds. The van der Waals surface area contributed by atoms with Gasteiger partial charge >= 0.3 is 0 Å². The Kier molecular flexibility index (Phi) is 5.69. The summed E-state index contributed by atoms with van der Waals surface area (Å²) < 4.78 is 0. The molecule has 0 aliphatic heterocycles. The molecule has 0 radical (unpaired) electrons. The van der Waals surface area contributed by atoms with Gasteiger partial charge < -0.3 is 10.6 Å². The number of rotatable bonds is 7. The average Bonchev–Trinajstić information content (AvgIpc) is 2.39. The minimum Gasteiger partial charge on any atom is -0.399 e. The van der Waals surface area contributed by atoms with Gasteiger partial charge in [-0.1, -0.05) is 6.92 Å². The molecule has 0 saturated heterocycles. The van der Waals surface area contributed by atoms with Crippen molar-refractivity contribution < 1.29 is 0 Å². The fraction of sp³-hybridized carbons (Fsp3) is 0.562. The second-order valence-corrected chi connectivity index (χ2v) is 5.68. The van der Waals surface area contributed by atoms with E-state index in [0.717, 1.165) is 38.0 Å². The Morgan fingerprint density at radius 1 is 1.21 bits per heavy atom. The standard InChI is InChI=1S/C16H25N3/c1-4-11-19(12-5-10-16(2,3)13-17)15-8-6-14(18)7-9-15/h6-9H,4-5,10-12,18H2,1-3H3. The zero-order chi connectivity index (χ0) is 14.3. The molecule has 1 rings (SSSR count). The van der Waals surface area contributed by atoms with E-state index >= 15 is 0 Å². The summed E-state index contributed by atoms with van der Waals surface area (Å²) in [5.41, 5.74) is 7.51. The van der Waals surface area contributed by atoms with Gasteiger partial charge in [-0.05, 0) is 57.4 Å². The van der Waals surface area contributed by atoms with Crippen LogP contribution in [0.5, 0.6) is 0 Å². The van der Waals surface area contributed by atoms with Crippen molar-refractivity contribution in [1.82, 2.24) is 0 Å². The Morgan fingerprint density at radius 2 is 1.84 bits per heavy atom. The Bertz CT molecular complexity index is 415. The molecule has 0 aliphatic rings. The van der Waals surface area contributed by atoms with E-state index in [2.05, 4.69) is 30.0 Å². The van der Waals surface area contributed by atoms with Gasteiger partial charge in [-0.2, -0.15) is 5.26 Å². The van der Waals surface area contributed by atoms with Gasteiger partial charge in [-0.3, -0.25) is 0 Å². The van der Waals surface area contributed by atoms with Crippen molar-refractivity contribution in [2.24, 2.45) is 5.41 Å². The highest BCUT2D eigenvalue weighted by Gasteiger charge is 2.16. The minimum atomic E-state index is -0.223. The number of nitrogens with zero attached hydrogens (tertiary/aromatic N) is 2. The van der Waals surface area contributed by atoms with Gasteiger partial charge in [0.1, 0.15) is 0 Å². The monoisotopic (exact) mass is 259 g/mol. The van der Waals surface area contributed by atoms with Crippen LogP contribution in [0.25, 0.3) is 0 Å². The number of anilines is 2. The lowest BCUT2D eigenvalue weighted by Gasteiger charge is -2.26. The largest absolute Gasteiger partial charge is 0.399 e. The first-order chi connectivity index (χ1) is 8.98. The number of hydrogen-bond donors (Lipinski definition) is 1. The van der Waals surface area contributed by atoms with Crippen molar-refractivity contribution in [3.63, 3.8) is 0 Å². The minimum absolute atomic E-state index is 0.223. The lowest BCUT2D eigenvalue weighted by atomic mass is 9.90. The third-order valence-electron chi connectivity index (χ3n) is 3.28. The van der Waals surface area contributed by atoms with Gasteiger partial charge in [-0.15, -0.1) is 0 Å². The van der Waals surface area contributed by atoms with E-state index in [0.29, 0.717) is 0 Å². The molecule has 3 nitrogen and oxygen atoms in total. The molecule has 2 N–H and O–H groups in total. The van der Waals surface area contributed by atoms with Gasteiger partial charge in [0.05, 0.1) is 11.5 Å². The van der Waals surface area contributed by atoms with Crippen molar-refractivity contribution in [2.75, 3.05) is 23.7 Å². The van der Waals surface area contributed by atoms with Gasteiger partial charge in [0, 0.05) is 24.5 Å². The molecule has 19 heavy (non-hydrogen) atoms. The van der Waals surface area contributed by atoms with Crippen molar-refractivity contribution in [3.05, 3.63) is 24.3 Å². The molecule has 1 aromatic carbocycles. The van der Waals surface area contributed by atoms with E-state index in [1.165, 1.54) is 5.69 Å². The summed E-state index contributed by atoms with van der Waals surface area (Å²) in [6.07, 6.45) is 3.08. The third-order valence-corrected chi connectivity index (χ3v) is 3.28. The first-order valence-corrected chi connectivity index (χ1v) is 7.00. The highest BCUT2D eigenvalue weighted by Crippen LogP contribution is 2.23.